The Balaban J connectivity index is 2.14. The Bertz CT molecular complexity index is 740. The molecular formula is C22H29N3O. The van der Waals surface area contributed by atoms with E-state index in [0.717, 1.165) is 48.2 Å². The second-order valence-corrected chi connectivity index (χ2v) is 6.99. The molecule has 0 atom stereocenters. The topological polar surface area (TPSA) is 72.3 Å². The molecule has 1 aliphatic rings. The molecule has 138 valence electrons. The number of anilines is 2. The summed E-state index contributed by atoms with van der Waals surface area (Å²) >= 11 is 0. The van der Waals surface area contributed by atoms with E-state index in [9.17, 15) is 4.79 Å². The molecule has 0 radical (unpaired) electrons. The van der Waals surface area contributed by atoms with Gasteiger partial charge in [-0.1, -0.05) is 38.1 Å². The molecular weight excluding hydrogens is 322 g/mol. The zero-order chi connectivity index (χ0) is 18.7. The molecule has 4 N–H and O–H groups in total. The van der Waals surface area contributed by atoms with E-state index in [0.29, 0.717) is 13.1 Å². The van der Waals surface area contributed by atoms with Crippen molar-refractivity contribution in [2.75, 3.05) is 4.90 Å². The molecule has 0 saturated heterocycles. The summed E-state index contributed by atoms with van der Waals surface area (Å²) in [4.78, 5) is 15.1. The Morgan fingerprint density at radius 2 is 1.38 bits per heavy atom. The molecule has 3 rings (SSSR count). The van der Waals surface area contributed by atoms with Gasteiger partial charge in [0.15, 0.2) is 0 Å². The number of hydrogen-bond acceptors (Lipinski definition) is 3. The molecule has 2 aromatic carbocycles. The maximum Gasteiger partial charge on any atom is 0.234 e. The molecule has 1 saturated carbocycles. The van der Waals surface area contributed by atoms with E-state index in [1.54, 1.807) is 0 Å². The number of aryl methyl sites for hydroxylation is 2. The summed E-state index contributed by atoms with van der Waals surface area (Å²) in [5.74, 6) is 0.269. The molecule has 0 bridgehead atoms. The molecule has 0 spiro atoms. The average Bonchev–Trinajstić information content (AvgIpc) is 3.53. The monoisotopic (exact) mass is 351 g/mol. The largest absolute Gasteiger partial charge is 0.326 e. The van der Waals surface area contributed by atoms with Gasteiger partial charge in [-0.25, -0.2) is 0 Å². The Hall–Kier alpha value is -2.17. The van der Waals surface area contributed by atoms with Gasteiger partial charge in [0, 0.05) is 19.0 Å². The quantitative estimate of drug-likeness (QED) is 0.797. The zero-order valence-electron chi connectivity index (χ0n) is 15.8. The minimum Gasteiger partial charge on any atom is -0.326 e. The predicted octanol–water partition coefficient (Wildman–Crippen LogP) is 3.80. The van der Waals surface area contributed by atoms with Crippen LogP contribution in [0.5, 0.6) is 0 Å². The first-order valence-electron chi connectivity index (χ1n) is 9.60. The molecule has 4 heteroatoms. The molecule has 0 heterocycles. The van der Waals surface area contributed by atoms with Gasteiger partial charge >= 0.3 is 0 Å². The number of nitrogens with two attached hydrogens (primary N) is 2. The third-order valence-electron chi connectivity index (χ3n) is 5.17. The van der Waals surface area contributed by atoms with Crippen LogP contribution < -0.4 is 16.4 Å². The smallest absolute Gasteiger partial charge is 0.234 e. The van der Waals surface area contributed by atoms with E-state index >= 15 is 0 Å². The van der Waals surface area contributed by atoms with Crippen molar-refractivity contribution in [2.24, 2.45) is 17.4 Å². The Labute approximate surface area is 156 Å². The normalized spacial score (nSPS) is 13.7. The van der Waals surface area contributed by atoms with Gasteiger partial charge in [-0.15, -0.1) is 0 Å². The number of hydrogen-bond donors (Lipinski definition) is 2. The third kappa shape index (κ3) is 3.67. The van der Waals surface area contributed by atoms with Crippen molar-refractivity contribution >= 4 is 17.3 Å². The lowest BCUT2D eigenvalue weighted by Gasteiger charge is -2.28. The lowest BCUT2D eigenvalue weighted by molar-refractivity contribution is -0.119. The van der Waals surface area contributed by atoms with Crippen molar-refractivity contribution in [3.05, 3.63) is 58.7 Å². The van der Waals surface area contributed by atoms with Crippen LogP contribution in [0.15, 0.2) is 36.4 Å². The molecule has 1 amide bonds. The van der Waals surface area contributed by atoms with Gasteiger partial charge in [-0.2, -0.15) is 0 Å². The van der Waals surface area contributed by atoms with Crippen LogP contribution in [0.2, 0.25) is 0 Å². The highest BCUT2D eigenvalue weighted by atomic mass is 16.2. The van der Waals surface area contributed by atoms with Crippen LogP contribution in [0.1, 0.15) is 48.9 Å². The highest BCUT2D eigenvalue weighted by Crippen LogP contribution is 2.39. The van der Waals surface area contributed by atoms with Crippen molar-refractivity contribution in [2.45, 2.75) is 52.6 Å². The first kappa shape index (κ1) is 18.6. The highest BCUT2D eigenvalue weighted by molar-refractivity contribution is 6.04. The van der Waals surface area contributed by atoms with E-state index in [4.69, 9.17) is 11.5 Å². The number of carbonyl (C=O) groups is 1. The number of amides is 1. The summed E-state index contributed by atoms with van der Waals surface area (Å²) in [6.45, 7) is 5.06. The first-order valence-corrected chi connectivity index (χ1v) is 9.60. The maximum atomic E-state index is 13.2. The Morgan fingerprint density at radius 1 is 0.923 bits per heavy atom. The molecule has 1 fully saturated rings. The predicted molar refractivity (Wildman–Crippen MR) is 107 cm³/mol. The summed E-state index contributed by atoms with van der Waals surface area (Å²) < 4.78 is 0. The van der Waals surface area contributed by atoms with Crippen LogP contribution in [0.3, 0.4) is 0 Å². The number of rotatable bonds is 7. The second kappa shape index (κ2) is 8.02. The summed E-state index contributed by atoms with van der Waals surface area (Å²) in [5.41, 5.74) is 18.3. The van der Waals surface area contributed by atoms with Gasteiger partial charge in [-0.3, -0.25) is 9.69 Å². The summed E-state index contributed by atoms with van der Waals surface area (Å²) in [6, 6.07) is 12.5. The molecule has 0 aromatic heterocycles. The van der Waals surface area contributed by atoms with Crippen molar-refractivity contribution in [3.63, 3.8) is 0 Å². The van der Waals surface area contributed by atoms with Crippen molar-refractivity contribution in [3.8, 4) is 0 Å². The molecule has 0 unspecified atom stereocenters. The van der Waals surface area contributed by atoms with Crippen LogP contribution in [0.4, 0.5) is 11.4 Å². The maximum absolute atomic E-state index is 13.2. The van der Waals surface area contributed by atoms with Crippen LogP contribution in [-0.2, 0) is 30.7 Å². The van der Waals surface area contributed by atoms with Crippen LogP contribution in [0.25, 0.3) is 0 Å². The number of carbonyl (C=O) groups excluding carboxylic acids is 1. The van der Waals surface area contributed by atoms with Gasteiger partial charge in [0.2, 0.25) is 5.91 Å². The minimum atomic E-state index is 0.114. The molecule has 1 aliphatic carbocycles. The van der Waals surface area contributed by atoms with E-state index in [1.807, 2.05) is 17.0 Å². The van der Waals surface area contributed by atoms with E-state index < -0.39 is 0 Å². The second-order valence-electron chi connectivity index (χ2n) is 6.99. The fourth-order valence-corrected chi connectivity index (χ4v) is 3.36. The fourth-order valence-electron chi connectivity index (χ4n) is 3.36. The third-order valence-corrected chi connectivity index (χ3v) is 5.17. The molecule has 26 heavy (non-hydrogen) atoms. The molecule has 0 aliphatic heterocycles. The van der Waals surface area contributed by atoms with Crippen LogP contribution >= 0.6 is 0 Å². The van der Waals surface area contributed by atoms with E-state index in [-0.39, 0.29) is 11.8 Å². The summed E-state index contributed by atoms with van der Waals surface area (Å²) in [5, 5.41) is 0. The van der Waals surface area contributed by atoms with Gasteiger partial charge in [-0.05, 0) is 60.1 Å². The summed E-state index contributed by atoms with van der Waals surface area (Å²) in [6.07, 6.45) is 3.82. The Kier molecular flexibility index (Phi) is 5.74. The van der Waals surface area contributed by atoms with Crippen molar-refractivity contribution < 1.29 is 4.79 Å². The van der Waals surface area contributed by atoms with Gasteiger partial charge in [0.1, 0.15) is 0 Å². The number of benzene rings is 2. The Morgan fingerprint density at radius 3 is 1.73 bits per heavy atom. The van der Waals surface area contributed by atoms with Crippen LogP contribution in [0, 0.1) is 5.92 Å². The zero-order valence-corrected chi connectivity index (χ0v) is 15.8. The van der Waals surface area contributed by atoms with Crippen LogP contribution in [-0.4, -0.2) is 5.91 Å². The average molecular weight is 351 g/mol. The standard InChI is InChI=1S/C22H29N3O/c1-3-15-5-9-20(18(11-15)13-23)25(22(26)17-7-8-17)21-10-6-16(4-2)12-19(21)14-24/h5-6,9-12,17H,3-4,7-8,13-14,23-24H2,1-2H3. The SMILES string of the molecule is CCc1ccc(N(C(=O)C2CC2)c2ccc(CC)cc2CN)c(CN)c1. The van der Waals surface area contributed by atoms with Gasteiger partial charge in [0.05, 0.1) is 11.4 Å². The molecule has 4 nitrogen and oxygen atoms in total. The van der Waals surface area contributed by atoms with E-state index in [1.165, 1.54) is 11.1 Å². The first-order chi connectivity index (χ1) is 12.6. The van der Waals surface area contributed by atoms with E-state index in [2.05, 4.69) is 38.1 Å². The fraction of sp³-hybridized carbons (Fsp3) is 0.409. The molecule has 2 aromatic rings. The van der Waals surface area contributed by atoms with Gasteiger partial charge in [0.25, 0.3) is 0 Å². The number of nitrogens with zero attached hydrogens (tertiary/aromatic N) is 1. The highest BCUT2D eigenvalue weighted by Gasteiger charge is 2.36. The lowest BCUT2D eigenvalue weighted by atomic mass is 10.0. The van der Waals surface area contributed by atoms with Crippen molar-refractivity contribution in [1.29, 1.82) is 0 Å². The minimum absolute atomic E-state index is 0.114. The van der Waals surface area contributed by atoms with Crippen molar-refractivity contribution in [1.82, 2.24) is 0 Å². The lowest BCUT2D eigenvalue weighted by Crippen LogP contribution is -2.30. The van der Waals surface area contributed by atoms with Gasteiger partial charge < -0.3 is 11.5 Å². The summed E-state index contributed by atoms with van der Waals surface area (Å²) in [7, 11) is 0.